The average Bonchev–Trinajstić information content (AvgIpc) is 3.06. The van der Waals surface area contributed by atoms with Crippen molar-refractivity contribution in [1.29, 1.82) is 0 Å². The smallest absolute Gasteiger partial charge is 0.0568 e. The molecule has 0 bridgehead atoms. The fourth-order valence-electron chi connectivity index (χ4n) is 2.50. The molecule has 0 amide bonds. The van der Waals surface area contributed by atoms with Gasteiger partial charge in [0.15, 0.2) is 0 Å². The van der Waals surface area contributed by atoms with Crippen molar-refractivity contribution in [2.24, 2.45) is 0 Å². The van der Waals surface area contributed by atoms with Crippen LogP contribution in [0.1, 0.15) is 19.3 Å². The van der Waals surface area contributed by atoms with Crippen LogP contribution in [0, 0.1) is 0 Å². The van der Waals surface area contributed by atoms with Crippen LogP contribution in [0.2, 0.25) is 5.02 Å². The van der Waals surface area contributed by atoms with E-state index in [9.17, 15) is 0 Å². The Hall–Kier alpha value is -0.250. The lowest BCUT2D eigenvalue weighted by Crippen LogP contribution is -2.27. The molecule has 2 nitrogen and oxygen atoms in total. The Morgan fingerprint density at radius 2 is 2.12 bits per heavy atom. The molecule has 1 unspecified atom stereocenters. The predicted octanol–water partition coefficient (Wildman–Crippen LogP) is 3.75. The summed E-state index contributed by atoms with van der Waals surface area (Å²) in [6, 6.07) is 7.53. The van der Waals surface area contributed by atoms with Gasteiger partial charge in [0.05, 0.1) is 5.02 Å². The van der Waals surface area contributed by atoms with E-state index in [4.69, 9.17) is 11.6 Å². The molecule has 3 rings (SSSR count). The van der Waals surface area contributed by atoms with Gasteiger partial charge in [-0.25, -0.2) is 0 Å². The number of hydrogen-bond acceptors (Lipinski definition) is 2. The van der Waals surface area contributed by atoms with Crippen LogP contribution in [0.25, 0.3) is 0 Å². The van der Waals surface area contributed by atoms with Gasteiger partial charge in [-0.2, -0.15) is 0 Å². The summed E-state index contributed by atoms with van der Waals surface area (Å²) in [7, 11) is 0. The minimum absolute atomic E-state index is 0.577. The first kappa shape index (κ1) is 11.8. The van der Waals surface area contributed by atoms with E-state index in [1.165, 1.54) is 32.4 Å². The van der Waals surface area contributed by atoms with Crippen LogP contribution in [0.3, 0.4) is 0 Å². The van der Waals surface area contributed by atoms with E-state index in [0.29, 0.717) is 6.04 Å². The number of likely N-dealkylation sites (tertiary alicyclic amines) is 1. The van der Waals surface area contributed by atoms with Crippen molar-refractivity contribution in [3.63, 3.8) is 0 Å². The summed E-state index contributed by atoms with van der Waals surface area (Å²) in [6.07, 6.45) is 4.04. The number of benzene rings is 1. The third-order valence-corrected chi connectivity index (χ3v) is 4.81. The first-order valence-electron chi connectivity index (χ1n) is 6.18. The second kappa shape index (κ2) is 4.79. The van der Waals surface area contributed by atoms with Gasteiger partial charge in [-0.15, -0.1) is 0 Å². The highest BCUT2D eigenvalue weighted by Gasteiger charge is 2.34. The summed E-state index contributed by atoms with van der Waals surface area (Å²) in [5.41, 5.74) is 1.13. The van der Waals surface area contributed by atoms with E-state index >= 15 is 0 Å². The molecule has 1 aromatic carbocycles. The zero-order valence-electron chi connectivity index (χ0n) is 9.63. The van der Waals surface area contributed by atoms with Crippen LogP contribution < -0.4 is 5.32 Å². The molecule has 17 heavy (non-hydrogen) atoms. The molecule has 2 aliphatic rings. The molecule has 0 spiro atoms. The number of nitrogens with zero attached hydrogens (tertiary/aromatic N) is 1. The van der Waals surface area contributed by atoms with Crippen LogP contribution in [0.4, 0.5) is 5.69 Å². The molecule has 0 radical (unpaired) electrons. The molecule has 1 aliphatic carbocycles. The van der Waals surface area contributed by atoms with Gasteiger partial charge in [0.25, 0.3) is 0 Å². The molecule has 1 saturated carbocycles. The number of hydrogen-bond donors (Lipinski definition) is 1. The summed E-state index contributed by atoms with van der Waals surface area (Å²) in [6.45, 7) is 2.42. The van der Waals surface area contributed by atoms with Gasteiger partial charge < -0.3 is 5.32 Å². The lowest BCUT2D eigenvalue weighted by atomic mass is 10.2. The number of halogens is 2. The molecule has 1 N–H and O–H groups in total. The topological polar surface area (TPSA) is 15.3 Å². The molecule has 92 valence electrons. The van der Waals surface area contributed by atoms with Gasteiger partial charge in [-0.05, 0) is 53.4 Å². The van der Waals surface area contributed by atoms with Crippen LogP contribution in [-0.2, 0) is 0 Å². The molecule has 1 atom stereocenters. The zero-order chi connectivity index (χ0) is 11.8. The second-order valence-corrected chi connectivity index (χ2v) is 6.25. The Morgan fingerprint density at radius 3 is 2.82 bits per heavy atom. The van der Waals surface area contributed by atoms with Gasteiger partial charge in [0, 0.05) is 35.3 Å². The van der Waals surface area contributed by atoms with E-state index < -0.39 is 0 Å². The quantitative estimate of drug-likeness (QED) is 0.914. The lowest BCUT2D eigenvalue weighted by molar-refractivity contribution is 0.326. The van der Waals surface area contributed by atoms with Gasteiger partial charge in [0.2, 0.25) is 0 Å². The minimum Gasteiger partial charge on any atom is -0.381 e. The van der Waals surface area contributed by atoms with Crippen LogP contribution in [0.5, 0.6) is 0 Å². The highest BCUT2D eigenvalue weighted by atomic mass is 79.9. The second-order valence-electron chi connectivity index (χ2n) is 4.98. The zero-order valence-corrected chi connectivity index (χ0v) is 12.0. The van der Waals surface area contributed by atoms with E-state index in [-0.39, 0.29) is 0 Å². The van der Waals surface area contributed by atoms with Crippen molar-refractivity contribution in [3.8, 4) is 0 Å². The number of anilines is 1. The van der Waals surface area contributed by atoms with E-state index in [1.54, 1.807) is 0 Å². The highest BCUT2D eigenvalue weighted by Crippen LogP contribution is 2.31. The molecule has 1 aromatic rings. The normalized spacial score (nSPS) is 25.2. The average molecular weight is 316 g/mol. The molecule has 1 heterocycles. The standard InChI is InChI=1S/C13H16BrClN2/c14-12-4-1-9(7-13(12)15)16-10-5-6-17(8-10)11-2-3-11/h1,4,7,10-11,16H,2-3,5-6,8H2. The van der Waals surface area contributed by atoms with E-state index in [0.717, 1.165) is 21.2 Å². The van der Waals surface area contributed by atoms with Crippen LogP contribution in [-0.4, -0.2) is 30.1 Å². The Bertz CT molecular complexity index is 420. The van der Waals surface area contributed by atoms with Crippen molar-refractivity contribution in [2.45, 2.75) is 31.3 Å². The fraction of sp³-hybridized carbons (Fsp3) is 0.538. The van der Waals surface area contributed by atoms with Crippen molar-refractivity contribution in [1.82, 2.24) is 4.90 Å². The van der Waals surface area contributed by atoms with Crippen molar-refractivity contribution >= 4 is 33.2 Å². The Balaban J connectivity index is 1.61. The summed E-state index contributed by atoms with van der Waals surface area (Å²) < 4.78 is 0.954. The Labute approximate surface area is 115 Å². The van der Waals surface area contributed by atoms with Gasteiger partial charge in [-0.1, -0.05) is 11.6 Å². The van der Waals surface area contributed by atoms with Gasteiger partial charge >= 0.3 is 0 Å². The Morgan fingerprint density at radius 1 is 1.29 bits per heavy atom. The largest absolute Gasteiger partial charge is 0.381 e. The number of rotatable bonds is 3. The third kappa shape index (κ3) is 2.78. The lowest BCUT2D eigenvalue weighted by Gasteiger charge is -2.17. The fourth-order valence-corrected chi connectivity index (χ4v) is 2.93. The predicted molar refractivity (Wildman–Crippen MR) is 75.8 cm³/mol. The SMILES string of the molecule is Clc1cc(NC2CCN(C3CC3)C2)ccc1Br. The Kier molecular flexibility index (Phi) is 3.33. The van der Waals surface area contributed by atoms with Gasteiger partial charge in [-0.3, -0.25) is 4.90 Å². The molecule has 4 heteroatoms. The maximum Gasteiger partial charge on any atom is 0.0568 e. The van der Waals surface area contributed by atoms with Crippen molar-refractivity contribution < 1.29 is 0 Å². The molecule has 2 fully saturated rings. The summed E-state index contributed by atoms with van der Waals surface area (Å²) in [4.78, 5) is 2.61. The summed E-state index contributed by atoms with van der Waals surface area (Å²) >= 11 is 9.50. The maximum atomic E-state index is 6.09. The molecule has 1 aliphatic heterocycles. The minimum atomic E-state index is 0.577. The first-order chi connectivity index (χ1) is 8.22. The van der Waals surface area contributed by atoms with Crippen LogP contribution >= 0.6 is 27.5 Å². The van der Waals surface area contributed by atoms with Crippen molar-refractivity contribution in [2.75, 3.05) is 18.4 Å². The molecule has 1 saturated heterocycles. The van der Waals surface area contributed by atoms with Crippen molar-refractivity contribution in [3.05, 3.63) is 27.7 Å². The molecular formula is C13H16BrClN2. The van der Waals surface area contributed by atoms with Crippen LogP contribution in [0.15, 0.2) is 22.7 Å². The summed E-state index contributed by atoms with van der Waals surface area (Å²) in [5, 5.41) is 4.34. The number of nitrogens with one attached hydrogen (secondary N) is 1. The maximum absolute atomic E-state index is 6.09. The van der Waals surface area contributed by atoms with E-state index in [1.807, 2.05) is 12.1 Å². The first-order valence-corrected chi connectivity index (χ1v) is 7.35. The molecule has 0 aromatic heterocycles. The summed E-state index contributed by atoms with van der Waals surface area (Å²) in [5.74, 6) is 0. The van der Waals surface area contributed by atoms with E-state index in [2.05, 4.69) is 32.2 Å². The monoisotopic (exact) mass is 314 g/mol. The highest BCUT2D eigenvalue weighted by molar-refractivity contribution is 9.10. The molecular weight excluding hydrogens is 300 g/mol. The van der Waals surface area contributed by atoms with Gasteiger partial charge in [0.1, 0.15) is 0 Å². The third-order valence-electron chi connectivity index (χ3n) is 3.57.